The van der Waals surface area contributed by atoms with Gasteiger partial charge in [0.25, 0.3) is 0 Å². The summed E-state index contributed by atoms with van der Waals surface area (Å²) in [5, 5.41) is 11.4. The van der Waals surface area contributed by atoms with Gasteiger partial charge in [-0.1, -0.05) is 113 Å². The number of ether oxygens (including phenoxy) is 1. The van der Waals surface area contributed by atoms with E-state index in [9.17, 15) is 5.11 Å². The molecule has 6 heteroatoms. The van der Waals surface area contributed by atoms with Gasteiger partial charge in [0, 0.05) is 0 Å². The van der Waals surface area contributed by atoms with Gasteiger partial charge in [-0.2, -0.15) is 0 Å². The molecule has 1 fully saturated rings. The van der Waals surface area contributed by atoms with E-state index < -0.39 is 22.7 Å². The lowest BCUT2D eigenvalue weighted by molar-refractivity contribution is -0.155. The SMILES string of the molecule is CCCCCCCCCCCC[C@H]1O[C@@H]([C@@H](O)CO[Si](C)(C)C(C)(C)C)CC[C@H]1O[Si](C)(C)C(C)(C)C. The Morgan fingerprint density at radius 2 is 1.24 bits per heavy atom. The van der Waals surface area contributed by atoms with Crippen LogP contribution in [-0.2, 0) is 13.6 Å². The molecule has 1 N–H and O–H groups in total. The standard InChI is InChI=1S/C31H66O4Si2/c1-12-13-14-15-16-17-18-19-20-21-22-28-29(35-37(10,11)31(5,6)7)24-23-27(34-28)26(32)25-33-36(8,9)30(2,3)4/h26-29,32H,12-25H2,1-11H3/t26-,27+,28+,29+/m0/s1. The smallest absolute Gasteiger partial charge is 0.192 e. The minimum absolute atomic E-state index is 0.0736. The zero-order valence-electron chi connectivity index (χ0n) is 26.9. The molecule has 0 unspecified atom stereocenters. The van der Waals surface area contributed by atoms with Crippen LogP contribution in [0.2, 0.25) is 36.3 Å². The Bertz CT molecular complexity index is 609. The monoisotopic (exact) mass is 558 g/mol. The molecule has 1 rings (SSSR count). The highest BCUT2D eigenvalue weighted by Crippen LogP contribution is 2.40. The van der Waals surface area contributed by atoms with Crippen molar-refractivity contribution in [1.29, 1.82) is 0 Å². The Kier molecular flexibility index (Phi) is 15.2. The molecular weight excluding hydrogens is 493 g/mol. The van der Waals surface area contributed by atoms with Crippen LogP contribution in [0.15, 0.2) is 0 Å². The van der Waals surface area contributed by atoms with Crippen LogP contribution in [0.3, 0.4) is 0 Å². The summed E-state index contributed by atoms with van der Waals surface area (Å²) >= 11 is 0. The first-order valence-corrected chi connectivity index (χ1v) is 21.5. The van der Waals surface area contributed by atoms with Crippen molar-refractivity contribution in [3.63, 3.8) is 0 Å². The molecule has 0 radical (unpaired) electrons. The van der Waals surface area contributed by atoms with E-state index in [1.54, 1.807) is 0 Å². The molecule has 37 heavy (non-hydrogen) atoms. The van der Waals surface area contributed by atoms with Gasteiger partial charge in [0.15, 0.2) is 16.6 Å². The van der Waals surface area contributed by atoms with E-state index in [1.807, 2.05) is 0 Å². The Morgan fingerprint density at radius 3 is 1.73 bits per heavy atom. The summed E-state index contributed by atoms with van der Waals surface area (Å²) in [5.74, 6) is 0. The Hall–Kier alpha value is 0.274. The number of hydrogen-bond donors (Lipinski definition) is 1. The molecule has 0 amide bonds. The molecule has 0 aromatic rings. The largest absolute Gasteiger partial charge is 0.414 e. The molecule has 222 valence electrons. The molecule has 1 saturated heterocycles. The van der Waals surface area contributed by atoms with Gasteiger partial charge in [-0.05, 0) is 55.5 Å². The molecule has 0 aromatic carbocycles. The second-order valence-corrected chi connectivity index (χ2v) is 24.4. The van der Waals surface area contributed by atoms with E-state index in [0.29, 0.717) is 6.61 Å². The van der Waals surface area contributed by atoms with Crippen molar-refractivity contribution < 1.29 is 18.7 Å². The van der Waals surface area contributed by atoms with Gasteiger partial charge < -0.3 is 18.7 Å². The molecule has 0 spiro atoms. The first kappa shape index (κ1) is 35.3. The van der Waals surface area contributed by atoms with Crippen molar-refractivity contribution in [2.45, 2.75) is 193 Å². The fraction of sp³-hybridized carbons (Fsp3) is 1.00. The van der Waals surface area contributed by atoms with E-state index in [2.05, 4.69) is 74.7 Å². The molecule has 0 aliphatic carbocycles. The number of rotatable bonds is 17. The molecule has 1 aliphatic heterocycles. The summed E-state index contributed by atoms with van der Waals surface area (Å²) in [6, 6.07) is 0. The summed E-state index contributed by atoms with van der Waals surface area (Å²) in [7, 11) is -3.78. The van der Waals surface area contributed by atoms with Gasteiger partial charge in [-0.15, -0.1) is 0 Å². The quantitative estimate of drug-likeness (QED) is 0.143. The molecule has 1 aliphatic rings. The topological polar surface area (TPSA) is 47.9 Å². The molecule has 0 aromatic heterocycles. The maximum atomic E-state index is 11.1. The Balaban J connectivity index is 2.65. The summed E-state index contributed by atoms with van der Waals surface area (Å²) < 4.78 is 19.9. The zero-order chi connectivity index (χ0) is 28.3. The van der Waals surface area contributed by atoms with Crippen LogP contribution >= 0.6 is 0 Å². The highest BCUT2D eigenvalue weighted by atomic mass is 28.4. The molecule has 4 nitrogen and oxygen atoms in total. The van der Waals surface area contributed by atoms with Crippen LogP contribution in [0.25, 0.3) is 0 Å². The summed E-state index contributed by atoms with van der Waals surface area (Å²) in [5.41, 5.74) is 0. The fourth-order valence-corrected chi connectivity index (χ4v) is 6.97. The highest BCUT2D eigenvalue weighted by molar-refractivity contribution is 6.74. The number of aliphatic hydroxyl groups is 1. The zero-order valence-corrected chi connectivity index (χ0v) is 28.9. The van der Waals surface area contributed by atoms with Crippen molar-refractivity contribution in [2.75, 3.05) is 6.61 Å². The Labute approximate surface area is 234 Å². The van der Waals surface area contributed by atoms with Crippen molar-refractivity contribution >= 4 is 16.6 Å². The number of hydrogen-bond acceptors (Lipinski definition) is 4. The lowest BCUT2D eigenvalue weighted by Crippen LogP contribution is -2.52. The van der Waals surface area contributed by atoms with E-state index in [0.717, 1.165) is 19.3 Å². The summed E-state index contributed by atoms with van der Waals surface area (Å²) in [4.78, 5) is 0. The maximum absolute atomic E-state index is 11.1. The summed E-state index contributed by atoms with van der Waals surface area (Å²) in [6.07, 6.45) is 15.7. The second kappa shape index (κ2) is 15.9. The third kappa shape index (κ3) is 12.5. The third-order valence-corrected chi connectivity index (χ3v) is 18.4. The van der Waals surface area contributed by atoms with E-state index >= 15 is 0 Å². The van der Waals surface area contributed by atoms with Gasteiger partial charge in [-0.3, -0.25) is 0 Å². The predicted octanol–water partition coefficient (Wildman–Crippen LogP) is 9.62. The molecule has 4 atom stereocenters. The van der Waals surface area contributed by atoms with Gasteiger partial charge >= 0.3 is 0 Å². The van der Waals surface area contributed by atoms with E-state index in [4.69, 9.17) is 13.6 Å². The molecule has 1 heterocycles. The van der Waals surface area contributed by atoms with Crippen LogP contribution < -0.4 is 0 Å². The van der Waals surface area contributed by atoms with Crippen molar-refractivity contribution in [3.05, 3.63) is 0 Å². The van der Waals surface area contributed by atoms with Crippen molar-refractivity contribution in [1.82, 2.24) is 0 Å². The fourth-order valence-electron chi connectivity index (χ4n) is 4.57. The first-order valence-electron chi connectivity index (χ1n) is 15.7. The van der Waals surface area contributed by atoms with Crippen LogP contribution in [0.5, 0.6) is 0 Å². The minimum Gasteiger partial charge on any atom is -0.414 e. The van der Waals surface area contributed by atoms with Crippen LogP contribution in [-0.4, -0.2) is 52.8 Å². The Morgan fingerprint density at radius 1 is 0.757 bits per heavy atom. The first-order chi connectivity index (χ1) is 17.0. The van der Waals surface area contributed by atoms with Crippen LogP contribution in [0, 0.1) is 0 Å². The van der Waals surface area contributed by atoms with Gasteiger partial charge in [-0.25, -0.2) is 0 Å². The maximum Gasteiger partial charge on any atom is 0.192 e. The number of aliphatic hydroxyl groups excluding tert-OH is 1. The lowest BCUT2D eigenvalue weighted by Gasteiger charge is -2.45. The van der Waals surface area contributed by atoms with Crippen molar-refractivity contribution in [3.8, 4) is 0 Å². The van der Waals surface area contributed by atoms with Crippen molar-refractivity contribution in [2.24, 2.45) is 0 Å². The average molecular weight is 559 g/mol. The van der Waals surface area contributed by atoms with Crippen LogP contribution in [0.1, 0.15) is 132 Å². The molecule has 0 saturated carbocycles. The lowest BCUT2D eigenvalue weighted by atomic mass is 9.94. The molecular formula is C31H66O4Si2. The molecule has 0 bridgehead atoms. The van der Waals surface area contributed by atoms with Crippen LogP contribution in [0.4, 0.5) is 0 Å². The van der Waals surface area contributed by atoms with Gasteiger partial charge in [0.1, 0.15) is 6.10 Å². The van der Waals surface area contributed by atoms with E-state index in [-0.39, 0.29) is 28.4 Å². The average Bonchev–Trinajstić information content (AvgIpc) is 2.78. The predicted molar refractivity (Wildman–Crippen MR) is 166 cm³/mol. The van der Waals surface area contributed by atoms with E-state index in [1.165, 1.54) is 64.2 Å². The van der Waals surface area contributed by atoms with Gasteiger partial charge in [0.05, 0.1) is 24.9 Å². The second-order valence-electron chi connectivity index (χ2n) is 14.8. The summed E-state index contributed by atoms with van der Waals surface area (Å²) in [6.45, 7) is 25.5. The highest BCUT2D eigenvalue weighted by Gasteiger charge is 2.44. The minimum atomic E-state index is -1.90. The normalized spacial score (nSPS) is 22.9. The number of unbranched alkanes of at least 4 members (excludes halogenated alkanes) is 9. The van der Waals surface area contributed by atoms with Gasteiger partial charge in [0.2, 0.25) is 0 Å². The third-order valence-electron chi connectivity index (χ3n) is 9.44.